The van der Waals surface area contributed by atoms with Crippen molar-refractivity contribution in [3.05, 3.63) is 0 Å². The Morgan fingerprint density at radius 2 is 2.12 bits per heavy atom. The van der Waals surface area contributed by atoms with Gasteiger partial charge in [-0.2, -0.15) is 0 Å². The fourth-order valence-electron chi connectivity index (χ4n) is 2.24. The summed E-state index contributed by atoms with van der Waals surface area (Å²) < 4.78 is 0. The number of nitrogens with two attached hydrogens (primary N) is 2. The number of hydrogen-bond acceptors (Lipinski definition) is 4. The highest BCUT2D eigenvalue weighted by Gasteiger charge is 2.30. The lowest BCUT2D eigenvalue weighted by Gasteiger charge is -2.37. The van der Waals surface area contributed by atoms with E-state index < -0.39 is 0 Å². The van der Waals surface area contributed by atoms with Crippen LogP contribution in [0.3, 0.4) is 0 Å². The molecule has 98 valence electrons. The van der Waals surface area contributed by atoms with Crippen LogP contribution in [0.15, 0.2) is 0 Å². The summed E-state index contributed by atoms with van der Waals surface area (Å²) in [4.78, 5) is 24.7. The van der Waals surface area contributed by atoms with E-state index in [0.29, 0.717) is 19.1 Å². The van der Waals surface area contributed by atoms with Crippen LogP contribution in [0.2, 0.25) is 0 Å². The van der Waals surface area contributed by atoms with E-state index in [1.54, 1.807) is 0 Å². The first-order valence-electron chi connectivity index (χ1n) is 5.99. The summed E-state index contributed by atoms with van der Waals surface area (Å²) >= 11 is 0. The smallest absolute Gasteiger partial charge is 0.237 e. The molecule has 1 aliphatic heterocycles. The van der Waals surface area contributed by atoms with Gasteiger partial charge in [-0.25, -0.2) is 5.84 Å². The van der Waals surface area contributed by atoms with Gasteiger partial charge in [-0.15, -0.1) is 0 Å². The normalized spacial score (nSPS) is 27.5. The van der Waals surface area contributed by atoms with Crippen LogP contribution >= 0.6 is 0 Å². The Balaban J connectivity index is 2.55. The fraction of sp³-hybridized carbons (Fsp3) is 0.818. The van der Waals surface area contributed by atoms with Crippen molar-refractivity contribution in [2.24, 2.45) is 23.4 Å². The molecule has 17 heavy (non-hydrogen) atoms. The fourth-order valence-corrected chi connectivity index (χ4v) is 2.24. The summed E-state index contributed by atoms with van der Waals surface area (Å²) in [5.41, 5.74) is 7.47. The van der Waals surface area contributed by atoms with Gasteiger partial charge in [0.1, 0.15) is 0 Å². The second-order valence-electron chi connectivity index (χ2n) is 4.89. The van der Waals surface area contributed by atoms with Gasteiger partial charge in [0.05, 0.1) is 5.92 Å². The molecule has 1 aliphatic rings. The monoisotopic (exact) mass is 242 g/mol. The van der Waals surface area contributed by atoms with E-state index in [2.05, 4.69) is 17.2 Å². The lowest BCUT2D eigenvalue weighted by Crippen LogP contribution is -2.49. The molecule has 3 atom stereocenters. The molecule has 0 aromatic rings. The quantitative estimate of drug-likeness (QED) is 0.341. The highest BCUT2D eigenvalue weighted by molar-refractivity contribution is 5.78. The Labute approximate surface area is 102 Å². The van der Waals surface area contributed by atoms with Gasteiger partial charge in [0.15, 0.2) is 0 Å². The van der Waals surface area contributed by atoms with Crippen LogP contribution in [0.4, 0.5) is 0 Å². The predicted molar refractivity (Wildman–Crippen MR) is 64.4 cm³/mol. The zero-order valence-electron chi connectivity index (χ0n) is 10.5. The molecule has 2 amide bonds. The summed E-state index contributed by atoms with van der Waals surface area (Å²) in [5.74, 6) is 4.38. The number of likely N-dealkylation sites (tertiary alicyclic amines) is 1. The molecule has 0 radical (unpaired) electrons. The second kappa shape index (κ2) is 5.97. The van der Waals surface area contributed by atoms with E-state index in [1.807, 2.05) is 6.92 Å². The third-order valence-corrected chi connectivity index (χ3v) is 3.51. The van der Waals surface area contributed by atoms with E-state index in [1.165, 1.54) is 0 Å². The first kappa shape index (κ1) is 13.9. The average molecular weight is 242 g/mol. The molecule has 0 aromatic carbocycles. The van der Waals surface area contributed by atoms with Crippen molar-refractivity contribution in [2.45, 2.75) is 32.7 Å². The Morgan fingerprint density at radius 1 is 1.47 bits per heavy atom. The maximum atomic E-state index is 11.4. The number of nitrogens with one attached hydrogen (secondary N) is 1. The Bertz CT molecular complexity index is 295. The van der Waals surface area contributed by atoms with Gasteiger partial charge in [-0.1, -0.05) is 6.92 Å². The molecule has 6 heteroatoms. The second-order valence-corrected chi connectivity index (χ2v) is 4.89. The largest absolute Gasteiger partial charge is 0.369 e. The summed E-state index contributed by atoms with van der Waals surface area (Å²) in [6, 6.07) is 0.374. The molecule has 1 fully saturated rings. The molecule has 1 rings (SSSR count). The van der Waals surface area contributed by atoms with Crippen LogP contribution in [0, 0.1) is 11.8 Å². The third kappa shape index (κ3) is 3.67. The number of carbonyl (C=O) groups is 2. The van der Waals surface area contributed by atoms with E-state index in [4.69, 9.17) is 11.6 Å². The molecule has 0 spiro atoms. The van der Waals surface area contributed by atoms with Gasteiger partial charge < -0.3 is 5.73 Å². The molecule has 1 saturated heterocycles. The predicted octanol–water partition coefficient (Wildman–Crippen LogP) is -0.802. The standard InChI is InChI=1S/C11H22N4O2/c1-7(11(17)14-13)5-15-6-9(10(12)16)4-3-8(15)2/h7-9H,3-6,13H2,1-2H3,(H2,12,16)(H,14,17). The highest BCUT2D eigenvalue weighted by atomic mass is 16.2. The van der Waals surface area contributed by atoms with Gasteiger partial charge in [0, 0.05) is 25.0 Å². The molecular formula is C11H22N4O2. The van der Waals surface area contributed by atoms with Crippen molar-refractivity contribution in [3.63, 3.8) is 0 Å². The Kier molecular flexibility index (Phi) is 4.89. The number of nitrogens with zero attached hydrogens (tertiary/aromatic N) is 1. The number of hydrogen-bond donors (Lipinski definition) is 3. The van der Waals surface area contributed by atoms with Crippen molar-refractivity contribution in [3.8, 4) is 0 Å². The summed E-state index contributed by atoms with van der Waals surface area (Å²) in [5, 5.41) is 0. The van der Waals surface area contributed by atoms with E-state index in [9.17, 15) is 9.59 Å². The molecule has 0 saturated carbocycles. The highest BCUT2D eigenvalue weighted by Crippen LogP contribution is 2.22. The van der Waals surface area contributed by atoms with E-state index in [-0.39, 0.29) is 23.7 Å². The number of hydrazine groups is 1. The minimum Gasteiger partial charge on any atom is -0.369 e. The number of amides is 2. The SMILES string of the molecule is CC(CN1CC(C(N)=O)CCC1C)C(=O)NN. The van der Waals surface area contributed by atoms with Gasteiger partial charge in [0.2, 0.25) is 11.8 Å². The van der Waals surface area contributed by atoms with Crippen molar-refractivity contribution < 1.29 is 9.59 Å². The Hall–Kier alpha value is -1.14. The lowest BCUT2D eigenvalue weighted by atomic mass is 9.92. The molecule has 0 aromatic heterocycles. The van der Waals surface area contributed by atoms with Gasteiger partial charge >= 0.3 is 0 Å². The number of rotatable bonds is 4. The summed E-state index contributed by atoms with van der Waals surface area (Å²) in [6.45, 7) is 5.17. The van der Waals surface area contributed by atoms with Gasteiger partial charge in [-0.3, -0.25) is 19.9 Å². The maximum absolute atomic E-state index is 11.4. The topological polar surface area (TPSA) is 101 Å². The minimum absolute atomic E-state index is 0.0978. The third-order valence-electron chi connectivity index (χ3n) is 3.51. The summed E-state index contributed by atoms with van der Waals surface area (Å²) in [6.07, 6.45) is 1.77. The molecule has 0 aliphatic carbocycles. The van der Waals surface area contributed by atoms with E-state index >= 15 is 0 Å². The van der Waals surface area contributed by atoms with Crippen LogP contribution < -0.4 is 17.0 Å². The minimum atomic E-state index is -0.252. The Morgan fingerprint density at radius 3 is 2.65 bits per heavy atom. The molecular weight excluding hydrogens is 220 g/mol. The van der Waals surface area contributed by atoms with Crippen LogP contribution in [-0.2, 0) is 9.59 Å². The van der Waals surface area contributed by atoms with Crippen molar-refractivity contribution >= 4 is 11.8 Å². The zero-order valence-corrected chi connectivity index (χ0v) is 10.5. The average Bonchev–Trinajstić information content (AvgIpc) is 2.30. The van der Waals surface area contributed by atoms with Crippen LogP contribution in [0.25, 0.3) is 0 Å². The maximum Gasteiger partial charge on any atom is 0.237 e. The van der Waals surface area contributed by atoms with Crippen LogP contribution in [0.5, 0.6) is 0 Å². The van der Waals surface area contributed by atoms with Gasteiger partial charge in [-0.05, 0) is 19.8 Å². The molecule has 5 N–H and O–H groups in total. The number of primary amides is 1. The number of carbonyl (C=O) groups excluding carboxylic acids is 2. The lowest BCUT2D eigenvalue weighted by molar-refractivity contribution is -0.126. The van der Waals surface area contributed by atoms with Crippen molar-refractivity contribution in [1.82, 2.24) is 10.3 Å². The molecule has 0 bridgehead atoms. The zero-order chi connectivity index (χ0) is 13.0. The summed E-state index contributed by atoms with van der Waals surface area (Å²) in [7, 11) is 0. The first-order chi connectivity index (χ1) is 7.95. The van der Waals surface area contributed by atoms with Gasteiger partial charge in [0.25, 0.3) is 0 Å². The van der Waals surface area contributed by atoms with E-state index in [0.717, 1.165) is 12.8 Å². The first-order valence-corrected chi connectivity index (χ1v) is 5.99. The molecule has 1 heterocycles. The molecule has 3 unspecified atom stereocenters. The van der Waals surface area contributed by atoms with Crippen LogP contribution in [0.1, 0.15) is 26.7 Å². The van der Waals surface area contributed by atoms with Crippen molar-refractivity contribution in [2.75, 3.05) is 13.1 Å². The van der Waals surface area contributed by atoms with Crippen molar-refractivity contribution in [1.29, 1.82) is 0 Å². The number of piperidine rings is 1. The molecule has 6 nitrogen and oxygen atoms in total. The van der Waals surface area contributed by atoms with Crippen LogP contribution in [-0.4, -0.2) is 35.8 Å².